The van der Waals surface area contributed by atoms with Crippen LogP contribution >= 0.6 is 0 Å². The number of anilines is 1. The Bertz CT molecular complexity index is 681. The maximum atomic E-state index is 12.5. The van der Waals surface area contributed by atoms with Crippen LogP contribution in [0.5, 0.6) is 5.75 Å². The van der Waals surface area contributed by atoms with Gasteiger partial charge in [0, 0.05) is 13.1 Å². The van der Waals surface area contributed by atoms with Crippen LogP contribution in [-0.4, -0.2) is 62.8 Å². The van der Waals surface area contributed by atoms with Crippen molar-refractivity contribution in [2.75, 3.05) is 38.2 Å². The van der Waals surface area contributed by atoms with Crippen molar-refractivity contribution < 1.29 is 27.8 Å². The van der Waals surface area contributed by atoms with Crippen molar-refractivity contribution in [3.05, 3.63) is 18.2 Å². The number of amides is 1. The summed E-state index contributed by atoms with van der Waals surface area (Å²) in [6.45, 7) is 4.98. The molecule has 2 N–H and O–H groups in total. The quantitative estimate of drug-likeness (QED) is 0.728. The summed E-state index contributed by atoms with van der Waals surface area (Å²) in [6, 6.07) is 3.79. The largest absolute Gasteiger partial charge is 0.506 e. The number of hydrogen-bond donors (Lipinski definition) is 2. The molecule has 1 aromatic rings. The minimum absolute atomic E-state index is 0.000104. The van der Waals surface area contributed by atoms with Crippen molar-refractivity contribution in [2.45, 2.75) is 24.8 Å². The highest BCUT2D eigenvalue weighted by Gasteiger charge is 2.26. The molecule has 1 aromatic carbocycles. The van der Waals surface area contributed by atoms with E-state index in [1.165, 1.54) is 22.5 Å². The number of nitrogens with zero attached hydrogens (tertiary/aromatic N) is 1. The van der Waals surface area contributed by atoms with Crippen molar-refractivity contribution in [3.8, 4) is 5.75 Å². The number of aromatic hydroxyl groups is 1. The lowest BCUT2D eigenvalue weighted by Crippen LogP contribution is -2.39. The first kappa shape index (κ1) is 18.7. The standard InChI is InChI=1S/C15H22N2O6S/c1-3-17(4-2)24(20,21)11-5-6-13(18)12(9-11)16-15(19)14-10-22-7-8-23-14/h5-6,9,14,18H,3-4,7-8,10H2,1-2H3,(H,16,19). The Kier molecular flexibility index (Phi) is 6.16. The van der Waals surface area contributed by atoms with Gasteiger partial charge in [-0.1, -0.05) is 13.8 Å². The molecule has 1 fully saturated rings. The van der Waals surface area contributed by atoms with Crippen LogP contribution in [0, 0.1) is 0 Å². The van der Waals surface area contributed by atoms with Gasteiger partial charge in [0.2, 0.25) is 10.0 Å². The van der Waals surface area contributed by atoms with E-state index < -0.39 is 22.0 Å². The van der Waals surface area contributed by atoms with E-state index in [1.807, 2.05) is 0 Å². The predicted octanol–water partition coefficient (Wildman–Crippen LogP) is 0.777. The summed E-state index contributed by atoms with van der Waals surface area (Å²) in [5.74, 6) is -0.721. The molecular weight excluding hydrogens is 336 g/mol. The number of phenols is 1. The first-order valence-electron chi connectivity index (χ1n) is 7.73. The molecule has 0 spiro atoms. The van der Waals surface area contributed by atoms with Crippen molar-refractivity contribution >= 4 is 21.6 Å². The highest BCUT2D eigenvalue weighted by atomic mass is 32.2. The van der Waals surface area contributed by atoms with Crippen molar-refractivity contribution in [3.63, 3.8) is 0 Å². The van der Waals surface area contributed by atoms with Gasteiger partial charge in [-0.2, -0.15) is 4.31 Å². The fourth-order valence-electron chi connectivity index (χ4n) is 2.34. The fourth-order valence-corrected chi connectivity index (χ4v) is 3.83. The molecule has 1 aliphatic rings. The van der Waals surface area contributed by atoms with Crippen LogP contribution in [0.1, 0.15) is 13.8 Å². The molecule has 1 heterocycles. The van der Waals surface area contributed by atoms with E-state index in [0.29, 0.717) is 26.3 Å². The third-order valence-electron chi connectivity index (χ3n) is 3.68. The van der Waals surface area contributed by atoms with Gasteiger partial charge in [0.15, 0.2) is 6.10 Å². The third-order valence-corrected chi connectivity index (χ3v) is 5.72. The lowest BCUT2D eigenvalue weighted by Gasteiger charge is -2.22. The Hall–Kier alpha value is -1.68. The average Bonchev–Trinajstić information content (AvgIpc) is 2.58. The van der Waals surface area contributed by atoms with Crippen LogP contribution in [0.2, 0.25) is 0 Å². The summed E-state index contributed by atoms with van der Waals surface area (Å²) in [5.41, 5.74) is 0.0161. The lowest BCUT2D eigenvalue weighted by molar-refractivity contribution is -0.142. The molecule has 0 bridgehead atoms. The van der Waals surface area contributed by atoms with E-state index in [1.54, 1.807) is 13.8 Å². The number of carbonyl (C=O) groups excluding carboxylic acids is 1. The zero-order valence-corrected chi connectivity index (χ0v) is 14.5. The molecule has 8 nitrogen and oxygen atoms in total. The van der Waals surface area contributed by atoms with Crippen molar-refractivity contribution in [1.29, 1.82) is 0 Å². The molecule has 2 rings (SSSR count). The van der Waals surface area contributed by atoms with Gasteiger partial charge in [-0.25, -0.2) is 8.42 Å². The fraction of sp³-hybridized carbons (Fsp3) is 0.533. The molecule has 1 unspecified atom stereocenters. The van der Waals surface area contributed by atoms with Crippen LogP contribution in [0.15, 0.2) is 23.1 Å². The second kappa shape index (κ2) is 7.93. The molecule has 1 atom stereocenters. The number of phenolic OH excluding ortho intramolecular Hbond substituents is 1. The number of ether oxygens (including phenoxy) is 2. The first-order valence-corrected chi connectivity index (χ1v) is 9.17. The normalized spacial score (nSPS) is 18.5. The zero-order chi connectivity index (χ0) is 17.7. The monoisotopic (exact) mass is 358 g/mol. The van der Waals surface area contributed by atoms with Gasteiger partial charge in [-0.15, -0.1) is 0 Å². The van der Waals surface area contributed by atoms with E-state index in [0.717, 1.165) is 0 Å². The zero-order valence-electron chi connectivity index (χ0n) is 13.7. The van der Waals surface area contributed by atoms with Gasteiger partial charge in [-0.05, 0) is 18.2 Å². The van der Waals surface area contributed by atoms with Gasteiger partial charge >= 0.3 is 0 Å². The summed E-state index contributed by atoms with van der Waals surface area (Å²) in [6.07, 6.45) is -0.791. The minimum Gasteiger partial charge on any atom is -0.506 e. The summed E-state index contributed by atoms with van der Waals surface area (Å²) in [5, 5.41) is 12.4. The summed E-state index contributed by atoms with van der Waals surface area (Å²) in [7, 11) is -3.69. The Morgan fingerprint density at radius 1 is 1.33 bits per heavy atom. The Morgan fingerprint density at radius 3 is 2.62 bits per heavy atom. The maximum absolute atomic E-state index is 12.5. The molecule has 24 heavy (non-hydrogen) atoms. The summed E-state index contributed by atoms with van der Waals surface area (Å²) < 4.78 is 36.8. The average molecular weight is 358 g/mol. The second-order valence-corrected chi connectivity index (χ2v) is 7.13. The Labute approximate surface area is 141 Å². The topological polar surface area (TPSA) is 105 Å². The van der Waals surface area contributed by atoms with Crippen LogP contribution in [0.4, 0.5) is 5.69 Å². The minimum atomic E-state index is -3.69. The third kappa shape index (κ3) is 4.04. The molecule has 1 aliphatic heterocycles. The highest BCUT2D eigenvalue weighted by Crippen LogP contribution is 2.28. The number of sulfonamides is 1. The Balaban J connectivity index is 2.23. The van der Waals surface area contributed by atoms with E-state index in [4.69, 9.17) is 9.47 Å². The van der Waals surface area contributed by atoms with Crippen molar-refractivity contribution in [1.82, 2.24) is 4.31 Å². The Morgan fingerprint density at radius 2 is 2.04 bits per heavy atom. The summed E-state index contributed by atoms with van der Waals surface area (Å²) in [4.78, 5) is 12.1. The number of rotatable bonds is 6. The molecule has 0 saturated carbocycles. The molecule has 9 heteroatoms. The number of benzene rings is 1. The van der Waals surface area contributed by atoms with E-state index in [9.17, 15) is 18.3 Å². The van der Waals surface area contributed by atoms with Crippen LogP contribution < -0.4 is 5.32 Å². The predicted molar refractivity (Wildman–Crippen MR) is 87.4 cm³/mol. The SMILES string of the molecule is CCN(CC)S(=O)(=O)c1ccc(O)c(NC(=O)C2COCCO2)c1. The van der Waals surface area contributed by atoms with Gasteiger partial charge in [0.25, 0.3) is 5.91 Å². The first-order chi connectivity index (χ1) is 11.4. The lowest BCUT2D eigenvalue weighted by atomic mass is 10.2. The van der Waals surface area contributed by atoms with Crippen LogP contribution in [0.25, 0.3) is 0 Å². The van der Waals surface area contributed by atoms with E-state index in [2.05, 4.69) is 5.32 Å². The molecular formula is C15H22N2O6S. The van der Waals surface area contributed by atoms with Crippen LogP contribution in [0.3, 0.4) is 0 Å². The number of carbonyl (C=O) groups is 1. The highest BCUT2D eigenvalue weighted by molar-refractivity contribution is 7.89. The maximum Gasteiger partial charge on any atom is 0.256 e. The van der Waals surface area contributed by atoms with Crippen LogP contribution in [-0.2, 0) is 24.3 Å². The van der Waals surface area contributed by atoms with E-state index in [-0.39, 0.29) is 22.9 Å². The number of nitrogens with one attached hydrogen (secondary N) is 1. The molecule has 0 aromatic heterocycles. The second-order valence-electron chi connectivity index (χ2n) is 5.19. The van der Waals surface area contributed by atoms with Gasteiger partial charge in [0.05, 0.1) is 30.4 Å². The molecule has 0 radical (unpaired) electrons. The van der Waals surface area contributed by atoms with Crippen molar-refractivity contribution in [2.24, 2.45) is 0 Å². The summed E-state index contributed by atoms with van der Waals surface area (Å²) >= 11 is 0. The van der Waals surface area contributed by atoms with Gasteiger partial charge < -0.3 is 19.9 Å². The molecule has 1 saturated heterocycles. The van der Waals surface area contributed by atoms with E-state index >= 15 is 0 Å². The molecule has 1 amide bonds. The molecule has 0 aliphatic carbocycles. The molecule has 134 valence electrons. The smallest absolute Gasteiger partial charge is 0.256 e. The van der Waals surface area contributed by atoms with Gasteiger partial charge in [0.1, 0.15) is 5.75 Å². The van der Waals surface area contributed by atoms with Gasteiger partial charge in [-0.3, -0.25) is 4.79 Å². The number of hydrogen-bond acceptors (Lipinski definition) is 6.